The molecule has 1 amide bonds. The summed E-state index contributed by atoms with van der Waals surface area (Å²) in [7, 11) is 0. The number of rotatable bonds is 4. The molecule has 4 rings (SSSR count). The standard InChI is InChI=1S/C19H22N4O/c1-19(17(24)21-15-9-10-15)11-5-6-13-12-20-18(23-16(13)19)22-14-7-3-2-4-8-14/h2-4,7-8,12,15H,5-6,9-11H2,1H3,(H,21,24)(H,20,22,23). The van der Waals surface area contributed by atoms with E-state index in [1.54, 1.807) is 0 Å². The number of aryl methyl sites for hydroxylation is 1. The maximum absolute atomic E-state index is 12.8. The normalized spacial score (nSPS) is 22.5. The van der Waals surface area contributed by atoms with Crippen molar-refractivity contribution in [3.05, 3.63) is 47.8 Å². The quantitative estimate of drug-likeness (QED) is 0.908. The molecule has 0 saturated heterocycles. The molecule has 2 aliphatic rings. The van der Waals surface area contributed by atoms with Crippen molar-refractivity contribution in [2.75, 3.05) is 5.32 Å². The Morgan fingerprint density at radius 3 is 2.79 bits per heavy atom. The molecule has 1 fully saturated rings. The predicted molar refractivity (Wildman–Crippen MR) is 93.2 cm³/mol. The van der Waals surface area contributed by atoms with Gasteiger partial charge in [-0.05, 0) is 56.7 Å². The Hall–Kier alpha value is -2.43. The lowest BCUT2D eigenvalue weighted by Crippen LogP contribution is -2.46. The molecule has 0 aliphatic heterocycles. The van der Waals surface area contributed by atoms with Crippen LogP contribution in [0.4, 0.5) is 11.6 Å². The smallest absolute Gasteiger partial charge is 0.232 e. The van der Waals surface area contributed by atoms with Crippen molar-refractivity contribution < 1.29 is 4.79 Å². The molecule has 0 radical (unpaired) electrons. The van der Waals surface area contributed by atoms with Crippen molar-refractivity contribution >= 4 is 17.5 Å². The molecule has 5 heteroatoms. The number of fused-ring (bicyclic) bond motifs is 1. The second-order valence-corrected chi connectivity index (χ2v) is 6.99. The fourth-order valence-electron chi connectivity index (χ4n) is 3.32. The molecule has 24 heavy (non-hydrogen) atoms. The van der Waals surface area contributed by atoms with Crippen LogP contribution >= 0.6 is 0 Å². The molecule has 5 nitrogen and oxygen atoms in total. The van der Waals surface area contributed by atoms with Crippen LogP contribution in [-0.2, 0) is 16.6 Å². The molecule has 2 N–H and O–H groups in total. The average molecular weight is 322 g/mol. The fourth-order valence-corrected chi connectivity index (χ4v) is 3.32. The van der Waals surface area contributed by atoms with Crippen molar-refractivity contribution in [3.63, 3.8) is 0 Å². The first-order chi connectivity index (χ1) is 11.6. The second-order valence-electron chi connectivity index (χ2n) is 6.99. The molecule has 1 aromatic carbocycles. The van der Waals surface area contributed by atoms with Gasteiger partial charge in [-0.3, -0.25) is 4.79 Å². The van der Waals surface area contributed by atoms with Gasteiger partial charge in [0.05, 0.1) is 11.1 Å². The summed E-state index contributed by atoms with van der Waals surface area (Å²) in [6.07, 6.45) is 6.83. The van der Waals surface area contributed by atoms with Crippen molar-refractivity contribution in [1.82, 2.24) is 15.3 Å². The average Bonchev–Trinajstić information content (AvgIpc) is 3.40. The van der Waals surface area contributed by atoms with E-state index in [2.05, 4.69) is 15.6 Å². The highest BCUT2D eigenvalue weighted by Gasteiger charge is 2.42. The number of aromatic nitrogens is 2. The molecule has 1 heterocycles. The number of benzene rings is 1. The van der Waals surface area contributed by atoms with E-state index >= 15 is 0 Å². The maximum Gasteiger partial charge on any atom is 0.232 e. The summed E-state index contributed by atoms with van der Waals surface area (Å²) in [5.41, 5.74) is 2.35. The third kappa shape index (κ3) is 2.86. The van der Waals surface area contributed by atoms with E-state index in [9.17, 15) is 4.79 Å². The monoisotopic (exact) mass is 322 g/mol. The van der Waals surface area contributed by atoms with Crippen LogP contribution in [0.25, 0.3) is 0 Å². The van der Waals surface area contributed by atoms with Gasteiger partial charge in [0.25, 0.3) is 0 Å². The van der Waals surface area contributed by atoms with E-state index in [0.717, 1.165) is 49.0 Å². The van der Waals surface area contributed by atoms with Crippen LogP contribution < -0.4 is 10.6 Å². The largest absolute Gasteiger partial charge is 0.353 e. The Bertz CT molecular complexity index is 757. The Kier molecular flexibility index (Phi) is 3.71. The Labute approximate surface area is 141 Å². The SMILES string of the molecule is CC1(C(=O)NC2CC2)CCCc2cnc(Nc3ccccc3)nc21. The van der Waals surface area contributed by atoms with Gasteiger partial charge in [0.2, 0.25) is 11.9 Å². The number of carbonyl (C=O) groups excluding carboxylic acids is 1. The molecule has 1 atom stereocenters. The van der Waals surface area contributed by atoms with Crippen molar-refractivity contribution in [2.45, 2.75) is 50.5 Å². The number of amides is 1. The zero-order chi connectivity index (χ0) is 16.6. The minimum Gasteiger partial charge on any atom is -0.353 e. The molecule has 124 valence electrons. The number of nitrogens with one attached hydrogen (secondary N) is 2. The number of hydrogen-bond donors (Lipinski definition) is 2. The summed E-state index contributed by atoms with van der Waals surface area (Å²) in [5.74, 6) is 0.655. The third-order valence-electron chi connectivity index (χ3n) is 4.95. The van der Waals surface area contributed by atoms with Crippen molar-refractivity contribution in [1.29, 1.82) is 0 Å². The highest BCUT2D eigenvalue weighted by atomic mass is 16.2. The van der Waals surface area contributed by atoms with Gasteiger partial charge in [-0.25, -0.2) is 9.97 Å². The molecule has 1 unspecified atom stereocenters. The predicted octanol–water partition coefficient (Wildman–Crippen LogP) is 3.09. The fraction of sp³-hybridized carbons (Fsp3) is 0.421. The van der Waals surface area contributed by atoms with Gasteiger partial charge in [0.1, 0.15) is 0 Å². The van der Waals surface area contributed by atoms with Crippen LogP contribution in [0, 0.1) is 0 Å². The molecule has 0 spiro atoms. The van der Waals surface area contributed by atoms with Crippen molar-refractivity contribution in [2.24, 2.45) is 0 Å². The van der Waals surface area contributed by atoms with E-state index < -0.39 is 5.41 Å². The summed E-state index contributed by atoms with van der Waals surface area (Å²) in [6.45, 7) is 2.02. The molecule has 1 aromatic heterocycles. The van der Waals surface area contributed by atoms with Crippen LogP contribution in [0.3, 0.4) is 0 Å². The van der Waals surface area contributed by atoms with Gasteiger partial charge in [0.15, 0.2) is 0 Å². The maximum atomic E-state index is 12.8. The van der Waals surface area contributed by atoms with Crippen LogP contribution in [0.15, 0.2) is 36.5 Å². The van der Waals surface area contributed by atoms with Gasteiger partial charge in [-0.1, -0.05) is 18.2 Å². The zero-order valence-electron chi connectivity index (χ0n) is 13.9. The summed E-state index contributed by atoms with van der Waals surface area (Å²) in [5, 5.41) is 6.38. The lowest BCUT2D eigenvalue weighted by molar-refractivity contribution is -0.127. The van der Waals surface area contributed by atoms with Gasteiger partial charge in [-0.15, -0.1) is 0 Å². The summed E-state index contributed by atoms with van der Waals surface area (Å²) >= 11 is 0. The second kappa shape index (κ2) is 5.89. The molecule has 2 aromatic rings. The van der Waals surface area contributed by atoms with E-state index in [1.807, 2.05) is 43.5 Å². The van der Waals surface area contributed by atoms with Gasteiger partial charge >= 0.3 is 0 Å². The van der Waals surface area contributed by atoms with E-state index in [4.69, 9.17) is 4.98 Å². The summed E-state index contributed by atoms with van der Waals surface area (Å²) in [4.78, 5) is 22.0. The lowest BCUT2D eigenvalue weighted by Gasteiger charge is -2.33. The Morgan fingerprint density at radius 1 is 1.25 bits per heavy atom. The highest BCUT2D eigenvalue weighted by Crippen LogP contribution is 2.37. The molecular weight excluding hydrogens is 300 g/mol. The summed E-state index contributed by atoms with van der Waals surface area (Å²) in [6, 6.07) is 10.2. The van der Waals surface area contributed by atoms with Crippen LogP contribution in [0.2, 0.25) is 0 Å². The topological polar surface area (TPSA) is 66.9 Å². The zero-order valence-corrected chi connectivity index (χ0v) is 13.9. The number of nitrogens with zero attached hydrogens (tertiary/aromatic N) is 2. The van der Waals surface area contributed by atoms with E-state index in [0.29, 0.717) is 12.0 Å². The first-order valence-corrected chi connectivity index (χ1v) is 8.64. The highest BCUT2D eigenvalue weighted by molar-refractivity contribution is 5.88. The van der Waals surface area contributed by atoms with Crippen LogP contribution in [-0.4, -0.2) is 21.9 Å². The van der Waals surface area contributed by atoms with Gasteiger partial charge in [-0.2, -0.15) is 0 Å². The molecule has 2 aliphatic carbocycles. The number of para-hydroxylation sites is 1. The van der Waals surface area contributed by atoms with Crippen LogP contribution in [0.1, 0.15) is 43.9 Å². The number of anilines is 2. The number of carbonyl (C=O) groups is 1. The van der Waals surface area contributed by atoms with E-state index in [1.165, 1.54) is 0 Å². The summed E-state index contributed by atoms with van der Waals surface area (Å²) < 4.78 is 0. The molecule has 0 bridgehead atoms. The minimum absolute atomic E-state index is 0.107. The number of hydrogen-bond acceptors (Lipinski definition) is 4. The molecule has 1 saturated carbocycles. The van der Waals surface area contributed by atoms with E-state index in [-0.39, 0.29) is 5.91 Å². The first-order valence-electron chi connectivity index (χ1n) is 8.64. The van der Waals surface area contributed by atoms with Crippen molar-refractivity contribution in [3.8, 4) is 0 Å². The first kappa shape index (κ1) is 15.1. The molecular formula is C19H22N4O. The van der Waals surface area contributed by atoms with Crippen LogP contribution in [0.5, 0.6) is 0 Å². The van der Waals surface area contributed by atoms with Gasteiger partial charge < -0.3 is 10.6 Å². The third-order valence-corrected chi connectivity index (χ3v) is 4.95. The Balaban J connectivity index is 1.65. The lowest BCUT2D eigenvalue weighted by atomic mass is 9.74. The van der Waals surface area contributed by atoms with Gasteiger partial charge in [0, 0.05) is 17.9 Å². The minimum atomic E-state index is -0.563. The Morgan fingerprint density at radius 2 is 2.04 bits per heavy atom.